The molecule has 2 atom stereocenters. The smallest absolute Gasteiger partial charge is 0.326 e. The van der Waals surface area contributed by atoms with Crippen molar-refractivity contribution in [3.05, 3.63) is 18.2 Å². The average molecular weight is 443 g/mol. The summed E-state index contributed by atoms with van der Waals surface area (Å²) in [5, 5.41) is 12.0. The molecule has 1 saturated heterocycles. The first kappa shape index (κ1) is 23.9. The van der Waals surface area contributed by atoms with E-state index in [0.29, 0.717) is 30.8 Å². The number of ether oxygens (including phenoxy) is 2. The van der Waals surface area contributed by atoms with Crippen LogP contribution in [0.1, 0.15) is 33.1 Å². The molecule has 168 valence electrons. The number of piperidine rings is 1. The number of nitrogens with one attached hydrogen (secondary N) is 1. The largest absolute Gasteiger partial charge is 0.493 e. The van der Waals surface area contributed by atoms with E-state index in [1.807, 2.05) is 6.92 Å². The average Bonchev–Trinajstić information content (AvgIpc) is 2.75. The summed E-state index contributed by atoms with van der Waals surface area (Å²) in [6, 6.07) is 3.46. The van der Waals surface area contributed by atoms with Gasteiger partial charge < -0.3 is 19.9 Å². The van der Waals surface area contributed by atoms with Gasteiger partial charge in [-0.1, -0.05) is 20.3 Å². The maximum atomic E-state index is 13.0. The van der Waals surface area contributed by atoms with Crippen LogP contribution in [0, 0.1) is 11.8 Å². The van der Waals surface area contributed by atoms with Crippen LogP contribution in [0.2, 0.25) is 0 Å². The first-order chi connectivity index (χ1) is 14.1. The van der Waals surface area contributed by atoms with Crippen molar-refractivity contribution in [2.45, 2.75) is 44.0 Å². The van der Waals surface area contributed by atoms with Crippen LogP contribution in [-0.2, 0) is 19.6 Å². The van der Waals surface area contributed by atoms with Crippen LogP contribution in [-0.4, -0.2) is 63.1 Å². The zero-order valence-electron chi connectivity index (χ0n) is 17.8. The van der Waals surface area contributed by atoms with Crippen LogP contribution in [0.25, 0.3) is 0 Å². The number of carboxylic acids is 1. The molecule has 0 aromatic heterocycles. The van der Waals surface area contributed by atoms with Crippen LogP contribution in [0.15, 0.2) is 23.1 Å². The molecule has 1 aromatic carbocycles. The minimum absolute atomic E-state index is 0.0887. The number of hydrogen-bond acceptors (Lipinski definition) is 6. The van der Waals surface area contributed by atoms with Gasteiger partial charge >= 0.3 is 5.97 Å². The van der Waals surface area contributed by atoms with Crippen LogP contribution in [0.5, 0.6) is 11.5 Å². The molecule has 2 unspecified atom stereocenters. The van der Waals surface area contributed by atoms with Crippen molar-refractivity contribution >= 4 is 21.9 Å². The summed E-state index contributed by atoms with van der Waals surface area (Å²) in [5.41, 5.74) is 0. The van der Waals surface area contributed by atoms with Gasteiger partial charge in [0.1, 0.15) is 6.04 Å². The van der Waals surface area contributed by atoms with Crippen molar-refractivity contribution in [1.82, 2.24) is 9.62 Å². The predicted octanol–water partition coefficient (Wildman–Crippen LogP) is 1.72. The summed E-state index contributed by atoms with van der Waals surface area (Å²) in [4.78, 5) is 24.1. The lowest BCUT2D eigenvalue weighted by Gasteiger charge is -2.31. The van der Waals surface area contributed by atoms with Crippen molar-refractivity contribution in [2.75, 3.05) is 27.3 Å². The van der Waals surface area contributed by atoms with Gasteiger partial charge in [0.25, 0.3) is 0 Å². The first-order valence-corrected chi connectivity index (χ1v) is 11.3. The van der Waals surface area contributed by atoms with Crippen LogP contribution < -0.4 is 14.8 Å². The second-order valence-corrected chi connectivity index (χ2v) is 9.34. The van der Waals surface area contributed by atoms with Crippen LogP contribution in [0.4, 0.5) is 0 Å². The fourth-order valence-corrected chi connectivity index (χ4v) is 4.92. The number of nitrogens with zero attached hydrogens (tertiary/aromatic N) is 1. The number of aliphatic carboxylic acids is 1. The lowest BCUT2D eigenvalue weighted by atomic mass is 9.94. The minimum atomic E-state index is -3.75. The highest BCUT2D eigenvalue weighted by atomic mass is 32.2. The van der Waals surface area contributed by atoms with Gasteiger partial charge in [-0.25, -0.2) is 13.2 Å². The topological polar surface area (TPSA) is 122 Å². The van der Waals surface area contributed by atoms with Gasteiger partial charge in [0.05, 0.1) is 19.1 Å². The van der Waals surface area contributed by atoms with Gasteiger partial charge in [0, 0.05) is 25.1 Å². The molecule has 2 N–H and O–H groups in total. The van der Waals surface area contributed by atoms with Crippen molar-refractivity contribution in [2.24, 2.45) is 11.8 Å². The quantitative estimate of drug-likeness (QED) is 0.597. The molecule has 0 bridgehead atoms. The molecule has 1 heterocycles. The Bertz CT molecular complexity index is 864. The molecule has 1 fully saturated rings. The molecule has 1 aliphatic rings. The third kappa shape index (κ3) is 5.23. The number of carboxylic acid groups (broad SMARTS) is 1. The summed E-state index contributed by atoms with van der Waals surface area (Å²) < 4.78 is 37.6. The summed E-state index contributed by atoms with van der Waals surface area (Å²) in [7, 11) is -0.848. The Balaban J connectivity index is 2.05. The number of rotatable bonds is 9. The molecule has 0 radical (unpaired) electrons. The molecule has 1 aromatic rings. The zero-order valence-corrected chi connectivity index (χ0v) is 18.6. The lowest BCUT2D eigenvalue weighted by Crippen LogP contribution is -2.49. The van der Waals surface area contributed by atoms with Gasteiger partial charge in [-0.2, -0.15) is 4.31 Å². The maximum absolute atomic E-state index is 13.0. The van der Waals surface area contributed by atoms with E-state index in [1.165, 1.54) is 36.7 Å². The van der Waals surface area contributed by atoms with Gasteiger partial charge in [-0.3, -0.25) is 4.79 Å². The molecule has 0 spiro atoms. The van der Waals surface area contributed by atoms with Crippen molar-refractivity contribution in [3.63, 3.8) is 0 Å². The third-order valence-electron chi connectivity index (χ3n) is 5.59. The second-order valence-electron chi connectivity index (χ2n) is 7.41. The van der Waals surface area contributed by atoms with E-state index in [2.05, 4.69) is 5.32 Å². The summed E-state index contributed by atoms with van der Waals surface area (Å²) in [6.45, 7) is 3.99. The van der Waals surface area contributed by atoms with Gasteiger partial charge in [0.15, 0.2) is 11.5 Å². The molecular weight excluding hydrogens is 412 g/mol. The molecule has 10 heteroatoms. The van der Waals surface area contributed by atoms with E-state index >= 15 is 0 Å². The maximum Gasteiger partial charge on any atom is 0.326 e. The summed E-state index contributed by atoms with van der Waals surface area (Å²) >= 11 is 0. The normalized spacial score (nSPS) is 17.7. The van der Waals surface area contributed by atoms with Crippen LogP contribution >= 0.6 is 0 Å². The monoisotopic (exact) mass is 442 g/mol. The SMILES string of the molecule is CCC(C)C(NC(=O)C1CCN(S(=O)(=O)c2ccc(OC)c(OC)c2)CC1)C(=O)O. The minimum Gasteiger partial charge on any atom is -0.493 e. The molecule has 1 amide bonds. The number of amides is 1. The highest BCUT2D eigenvalue weighted by Crippen LogP contribution is 2.32. The first-order valence-electron chi connectivity index (χ1n) is 9.91. The standard InChI is InChI=1S/C20H30N2O7S/c1-5-13(2)18(20(24)25)21-19(23)14-8-10-22(11-9-14)30(26,27)15-6-7-16(28-3)17(12-15)29-4/h6-7,12-14,18H,5,8-11H2,1-4H3,(H,21,23)(H,24,25). The van der Waals surface area contributed by atoms with Crippen molar-refractivity contribution < 1.29 is 32.6 Å². The van der Waals surface area contributed by atoms with Gasteiger partial charge in [0.2, 0.25) is 15.9 Å². The zero-order chi connectivity index (χ0) is 22.5. The van der Waals surface area contributed by atoms with E-state index in [9.17, 15) is 23.1 Å². The molecule has 0 aliphatic carbocycles. The van der Waals surface area contributed by atoms with E-state index in [0.717, 1.165) is 0 Å². The number of benzene rings is 1. The number of methoxy groups -OCH3 is 2. The van der Waals surface area contributed by atoms with Gasteiger partial charge in [-0.05, 0) is 30.9 Å². The Morgan fingerprint density at radius 2 is 1.80 bits per heavy atom. The Morgan fingerprint density at radius 1 is 1.20 bits per heavy atom. The fraction of sp³-hybridized carbons (Fsp3) is 0.600. The van der Waals surface area contributed by atoms with Crippen molar-refractivity contribution in [3.8, 4) is 11.5 Å². The van der Waals surface area contributed by atoms with Gasteiger partial charge in [-0.15, -0.1) is 0 Å². The number of carbonyl (C=O) groups excluding carboxylic acids is 1. The Morgan fingerprint density at radius 3 is 2.30 bits per heavy atom. The predicted molar refractivity (Wildman–Crippen MR) is 110 cm³/mol. The van der Waals surface area contributed by atoms with E-state index in [-0.39, 0.29) is 29.8 Å². The molecule has 30 heavy (non-hydrogen) atoms. The highest BCUT2D eigenvalue weighted by molar-refractivity contribution is 7.89. The van der Waals surface area contributed by atoms with Crippen molar-refractivity contribution in [1.29, 1.82) is 0 Å². The molecule has 0 saturated carbocycles. The van der Waals surface area contributed by atoms with E-state index in [4.69, 9.17) is 9.47 Å². The lowest BCUT2D eigenvalue weighted by molar-refractivity contribution is -0.144. The van der Waals surface area contributed by atoms with E-state index < -0.39 is 28.0 Å². The number of carbonyl (C=O) groups is 2. The summed E-state index contributed by atoms with van der Waals surface area (Å²) in [5.74, 6) is -1.28. The molecule has 1 aliphatic heterocycles. The van der Waals surface area contributed by atoms with Crippen LogP contribution in [0.3, 0.4) is 0 Å². The number of hydrogen-bond donors (Lipinski definition) is 2. The highest BCUT2D eigenvalue weighted by Gasteiger charge is 2.34. The Kier molecular flexibility index (Phi) is 8.08. The molecule has 9 nitrogen and oxygen atoms in total. The second kappa shape index (κ2) is 10.1. The molecule has 2 rings (SSSR count). The molecular formula is C20H30N2O7S. The fourth-order valence-electron chi connectivity index (χ4n) is 3.44. The third-order valence-corrected chi connectivity index (χ3v) is 7.49. The Labute approximate surface area is 177 Å². The number of sulfonamides is 1. The summed E-state index contributed by atoms with van der Waals surface area (Å²) in [6.07, 6.45) is 1.27. The Hall–Kier alpha value is -2.33. The van der Waals surface area contributed by atoms with E-state index in [1.54, 1.807) is 6.92 Å².